The van der Waals surface area contributed by atoms with Gasteiger partial charge in [0.15, 0.2) is 23.0 Å². The molecule has 2 aromatic rings. The van der Waals surface area contributed by atoms with Gasteiger partial charge in [-0.2, -0.15) is 0 Å². The first-order valence-corrected chi connectivity index (χ1v) is 9.04. The van der Waals surface area contributed by atoms with E-state index in [1.165, 1.54) is 24.3 Å². The Labute approximate surface area is 158 Å². The van der Waals surface area contributed by atoms with Gasteiger partial charge in [0.05, 0.1) is 6.10 Å². The fourth-order valence-corrected chi connectivity index (χ4v) is 2.90. The molecule has 0 spiro atoms. The van der Waals surface area contributed by atoms with Crippen LogP contribution in [-0.4, -0.2) is 38.9 Å². The summed E-state index contributed by atoms with van der Waals surface area (Å²) in [6, 6.07) is 9.23. The lowest BCUT2D eigenvalue weighted by molar-refractivity contribution is -0.121. The maximum absolute atomic E-state index is 12.3. The fraction of sp³-hybridized carbons (Fsp3) is 0.381. The predicted molar refractivity (Wildman–Crippen MR) is 101 cm³/mol. The number of ketones is 1. The van der Waals surface area contributed by atoms with Crippen LogP contribution >= 0.6 is 0 Å². The zero-order valence-electron chi connectivity index (χ0n) is 15.4. The molecule has 0 aliphatic heterocycles. The van der Waals surface area contributed by atoms with Gasteiger partial charge in [-0.15, -0.1) is 0 Å². The molecule has 2 rings (SSSR count). The van der Waals surface area contributed by atoms with E-state index in [-0.39, 0.29) is 34.9 Å². The number of phenolic OH excluding ortho intramolecular Hbond substituents is 4. The summed E-state index contributed by atoms with van der Waals surface area (Å²) in [6.07, 6.45) is 2.14. The molecule has 27 heavy (non-hydrogen) atoms. The van der Waals surface area contributed by atoms with Gasteiger partial charge in [-0.05, 0) is 61.6 Å². The zero-order valence-corrected chi connectivity index (χ0v) is 15.4. The van der Waals surface area contributed by atoms with Gasteiger partial charge in [0.2, 0.25) is 0 Å². The molecule has 0 amide bonds. The normalized spacial score (nSPS) is 12.0. The molecule has 0 aromatic heterocycles. The van der Waals surface area contributed by atoms with Crippen molar-refractivity contribution in [2.24, 2.45) is 0 Å². The molecule has 2 aromatic carbocycles. The Kier molecular flexibility index (Phi) is 7.49. The summed E-state index contributed by atoms with van der Waals surface area (Å²) < 4.78 is 5.67. The third kappa shape index (κ3) is 6.49. The van der Waals surface area contributed by atoms with Crippen LogP contribution in [0.1, 0.15) is 37.3 Å². The molecule has 0 aliphatic carbocycles. The number of aromatic hydroxyl groups is 4. The van der Waals surface area contributed by atoms with E-state index in [0.717, 1.165) is 11.1 Å². The Morgan fingerprint density at radius 2 is 1.44 bits per heavy atom. The Bertz CT molecular complexity index is 771. The number of ether oxygens (including phenoxy) is 1. The molecule has 0 saturated carbocycles. The van der Waals surface area contributed by atoms with E-state index in [9.17, 15) is 25.2 Å². The van der Waals surface area contributed by atoms with Gasteiger partial charge in [-0.3, -0.25) is 4.79 Å². The average molecular weight is 374 g/mol. The number of Topliss-reactive ketones (excluding diaryl/α,β-unsaturated/α-hetero) is 1. The lowest BCUT2D eigenvalue weighted by Crippen LogP contribution is -2.19. The SMILES string of the molecule is CCOC(CCc1ccc(O)c(O)c1)CC(=O)CCc1ccc(O)c(O)c1. The van der Waals surface area contributed by atoms with Gasteiger partial charge in [-0.1, -0.05) is 12.1 Å². The fourth-order valence-electron chi connectivity index (χ4n) is 2.90. The number of hydrogen-bond acceptors (Lipinski definition) is 6. The summed E-state index contributed by atoms with van der Waals surface area (Å²) in [5.74, 6) is -0.621. The summed E-state index contributed by atoms with van der Waals surface area (Å²) in [6.45, 7) is 2.38. The first-order chi connectivity index (χ1) is 12.9. The Morgan fingerprint density at radius 1 is 0.889 bits per heavy atom. The molecule has 0 aliphatic rings. The number of rotatable bonds is 10. The predicted octanol–water partition coefficient (Wildman–Crippen LogP) is 3.44. The van der Waals surface area contributed by atoms with E-state index < -0.39 is 0 Å². The second-order valence-corrected chi connectivity index (χ2v) is 6.50. The Balaban J connectivity index is 1.85. The van der Waals surface area contributed by atoms with Crippen LogP contribution in [0.25, 0.3) is 0 Å². The van der Waals surface area contributed by atoms with Crippen LogP contribution in [0.2, 0.25) is 0 Å². The second-order valence-electron chi connectivity index (χ2n) is 6.50. The minimum Gasteiger partial charge on any atom is -0.504 e. The molecule has 0 heterocycles. The van der Waals surface area contributed by atoms with Crippen LogP contribution in [0.4, 0.5) is 0 Å². The highest BCUT2D eigenvalue weighted by Gasteiger charge is 2.15. The highest BCUT2D eigenvalue weighted by Crippen LogP contribution is 2.27. The average Bonchev–Trinajstić information content (AvgIpc) is 2.63. The van der Waals surface area contributed by atoms with Gasteiger partial charge in [0.1, 0.15) is 5.78 Å². The molecule has 0 saturated heterocycles. The molecule has 6 heteroatoms. The number of aryl methyl sites for hydroxylation is 2. The molecule has 6 nitrogen and oxygen atoms in total. The lowest BCUT2D eigenvalue weighted by atomic mass is 9.99. The third-order valence-corrected chi connectivity index (χ3v) is 4.38. The van der Waals surface area contributed by atoms with E-state index in [1.54, 1.807) is 12.1 Å². The van der Waals surface area contributed by atoms with E-state index in [4.69, 9.17) is 4.74 Å². The van der Waals surface area contributed by atoms with Crippen molar-refractivity contribution < 1.29 is 30.0 Å². The minimum absolute atomic E-state index is 0.0644. The summed E-state index contributed by atoms with van der Waals surface area (Å²) in [5, 5.41) is 37.7. The topological polar surface area (TPSA) is 107 Å². The van der Waals surface area contributed by atoms with E-state index in [1.807, 2.05) is 6.92 Å². The largest absolute Gasteiger partial charge is 0.504 e. The molecule has 0 fully saturated rings. The van der Waals surface area contributed by atoms with E-state index in [0.29, 0.717) is 38.7 Å². The van der Waals surface area contributed by atoms with E-state index in [2.05, 4.69) is 0 Å². The van der Waals surface area contributed by atoms with Gasteiger partial charge in [0, 0.05) is 19.4 Å². The summed E-state index contributed by atoms with van der Waals surface area (Å²) in [7, 11) is 0. The highest BCUT2D eigenvalue weighted by atomic mass is 16.5. The van der Waals surface area contributed by atoms with Gasteiger partial charge < -0.3 is 25.2 Å². The number of hydrogen-bond donors (Lipinski definition) is 4. The Hall–Kier alpha value is -2.73. The smallest absolute Gasteiger partial charge is 0.157 e. The molecular formula is C21H26O6. The minimum atomic E-state index is -0.216. The third-order valence-electron chi connectivity index (χ3n) is 4.38. The zero-order chi connectivity index (χ0) is 19.8. The Morgan fingerprint density at radius 3 is 1.96 bits per heavy atom. The van der Waals surface area contributed by atoms with Crippen LogP contribution in [0.3, 0.4) is 0 Å². The maximum atomic E-state index is 12.3. The van der Waals surface area contributed by atoms with E-state index >= 15 is 0 Å². The molecular weight excluding hydrogens is 348 g/mol. The number of benzene rings is 2. The molecule has 0 radical (unpaired) electrons. The van der Waals surface area contributed by atoms with Crippen molar-refractivity contribution in [3.05, 3.63) is 47.5 Å². The maximum Gasteiger partial charge on any atom is 0.157 e. The van der Waals surface area contributed by atoms with Crippen LogP contribution in [0.15, 0.2) is 36.4 Å². The van der Waals surface area contributed by atoms with Crippen molar-refractivity contribution in [2.75, 3.05) is 6.61 Å². The van der Waals surface area contributed by atoms with Crippen molar-refractivity contribution in [3.8, 4) is 23.0 Å². The molecule has 146 valence electrons. The van der Waals surface area contributed by atoms with Crippen molar-refractivity contribution in [3.63, 3.8) is 0 Å². The van der Waals surface area contributed by atoms with Crippen LogP contribution in [0.5, 0.6) is 23.0 Å². The number of carbonyl (C=O) groups is 1. The first kappa shape index (κ1) is 20.6. The highest BCUT2D eigenvalue weighted by molar-refractivity contribution is 5.79. The van der Waals surface area contributed by atoms with Crippen molar-refractivity contribution in [2.45, 2.75) is 45.1 Å². The monoisotopic (exact) mass is 374 g/mol. The van der Waals surface area contributed by atoms with Crippen LogP contribution in [0, 0.1) is 0 Å². The number of phenols is 4. The second kappa shape index (κ2) is 9.83. The van der Waals surface area contributed by atoms with Crippen LogP contribution in [-0.2, 0) is 22.4 Å². The summed E-state index contributed by atoms with van der Waals surface area (Å²) >= 11 is 0. The van der Waals surface area contributed by atoms with Crippen molar-refractivity contribution in [1.82, 2.24) is 0 Å². The molecule has 4 N–H and O–H groups in total. The molecule has 1 atom stereocenters. The quantitative estimate of drug-likeness (QED) is 0.475. The van der Waals surface area contributed by atoms with Gasteiger partial charge >= 0.3 is 0 Å². The molecule has 1 unspecified atom stereocenters. The standard InChI is InChI=1S/C21H26O6/c1-2-27-17(8-4-15-6-10-19(24)21(26)12-15)13-16(22)7-3-14-5-9-18(23)20(25)11-14/h5-6,9-12,17,23-26H,2-4,7-8,13H2,1H3. The summed E-state index contributed by atoms with van der Waals surface area (Å²) in [4.78, 5) is 12.3. The lowest BCUT2D eigenvalue weighted by Gasteiger charge is -2.16. The summed E-state index contributed by atoms with van der Waals surface area (Å²) in [5.41, 5.74) is 1.65. The molecule has 0 bridgehead atoms. The van der Waals surface area contributed by atoms with Gasteiger partial charge in [-0.25, -0.2) is 0 Å². The van der Waals surface area contributed by atoms with Crippen molar-refractivity contribution >= 4 is 5.78 Å². The first-order valence-electron chi connectivity index (χ1n) is 9.04. The number of carbonyl (C=O) groups excluding carboxylic acids is 1. The van der Waals surface area contributed by atoms with Crippen molar-refractivity contribution in [1.29, 1.82) is 0 Å². The van der Waals surface area contributed by atoms with Crippen LogP contribution < -0.4 is 0 Å². The van der Waals surface area contributed by atoms with Gasteiger partial charge in [0.25, 0.3) is 0 Å².